The van der Waals surface area contributed by atoms with Crippen LogP contribution in [0.15, 0.2) is 55.0 Å². The molecule has 21 heavy (non-hydrogen) atoms. The number of aromatic nitrogens is 2. The van der Waals surface area contributed by atoms with Crippen LogP contribution < -0.4 is 10.2 Å². The quantitative estimate of drug-likeness (QED) is 0.795. The summed E-state index contributed by atoms with van der Waals surface area (Å²) in [5.41, 5.74) is 4.37. The Balaban J connectivity index is 1.87. The molecule has 0 fully saturated rings. The maximum absolute atomic E-state index is 4.48. The van der Waals surface area contributed by atoms with Gasteiger partial charge in [0.15, 0.2) is 0 Å². The van der Waals surface area contributed by atoms with Crippen LogP contribution in [-0.4, -0.2) is 24.1 Å². The predicted octanol–water partition coefficient (Wildman–Crippen LogP) is 3.31. The molecule has 0 aliphatic carbocycles. The highest BCUT2D eigenvalue weighted by Gasteiger charge is 2.06. The second-order valence-corrected chi connectivity index (χ2v) is 5.13. The molecule has 4 heteroatoms. The van der Waals surface area contributed by atoms with Crippen molar-refractivity contribution in [2.45, 2.75) is 6.54 Å². The predicted molar refractivity (Wildman–Crippen MR) is 87.6 cm³/mol. The fraction of sp³-hybridized carbons (Fsp3) is 0.176. The molecule has 0 aliphatic heterocycles. The van der Waals surface area contributed by atoms with Gasteiger partial charge in [-0.15, -0.1) is 0 Å². The molecule has 0 unspecified atom stereocenters. The Kier molecular flexibility index (Phi) is 3.69. The zero-order chi connectivity index (χ0) is 14.7. The summed E-state index contributed by atoms with van der Waals surface area (Å²) in [7, 11) is 4.06. The highest BCUT2D eigenvalue weighted by molar-refractivity contribution is 5.82. The molecule has 3 rings (SSSR count). The van der Waals surface area contributed by atoms with E-state index >= 15 is 0 Å². The Bertz CT molecular complexity index is 747. The van der Waals surface area contributed by atoms with Crippen molar-refractivity contribution in [1.29, 1.82) is 0 Å². The molecule has 0 atom stereocenters. The van der Waals surface area contributed by atoms with E-state index in [0.717, 1.165) is 28.8 Å². The summed E-state index contributed by atoms with van der Waals surface area (Å²) in [6, 6.07) is 12.3. The van der Waals surface area contributed by atoms with Crippen molar-refractivity contribution in [3.63, 3.8) is 0 Å². The third-order valence-electron chi connectivity index (χ3n) is 3.47. The maximum atomic E-state index is 4.48. The van der Waals surface area contributed by atoms with Gasteiger partial charge in [0.05, 0.1) is 23.1 Å². The molecule has 106 valence electrons. The van der Waals surface area contributed by atoms with Crippen LogP contribution in [0.1, 0.15) is 5.56 Å². The number of anilines is 2. The highest BCUT2D eigenvalue weighted by Crippen LogP contribution is 2.24. The summed E-state index contributed by atoms with van der Waals surface area (Å²) in [6.45, 7) is 0.723. The molecule has 1 aromatic carbocycles. The summed E-state index contributed by atoms with van der Waals surface area (Å²) in [5, 5.41) is 4.62. The van der Waals surface area contributed by atoms with E-state index in [-0.39, 0.29) is 0 Å². The first-order valence-corrected chi connectivity index (χ1v) is 6.93. The van der Waals surface area contributed by atoms with Gasteiger partial charge < -0.3 is 10.2 Å². The number of hydrogen-bond donors (Lipinski definition) is 1. The number of benzene rings is 1. The van der Waals surface area contributed by atoms with Gasteiger partial charge in [-0.2, -0.15) is 0 Å². The highest BCUT2D eigenvalue weighted by atomic mass is 15.1. The molecule has 3 aromatic rings. The molecular formula is C17H18N4. The van der Waals surface area contributed by atoms with Gasteiger partial charge in [0, 0.05) is 38.4 Å². The molecule has 0 amide bonds. The van der Waals surface area contributed by atoms with Crippen LogP contribution in [0, 0.1) is 0 Å². The van der Waals surface area contributed by atoms with Crippen LogP contribution >= 0.6 is 0 Å². The van der Waals surface area contributed by atoms with Crippen LogP contribution in [-0.2, 0) is 6.54 Å². The van der Waals surface area contributed by atoms with Crippen LogP contribution in [0.25, 0.3) is 10.9 Å². The van der Waals surface area contributed by atoms with Crippen molar-refractivity contribution in [2.75, 3.05) is 24.3 Å². The van der Waals surface area contributed by atoms with Gasteiger partial charge in [-0.05, 0) is 17.7 Å². The summed E-state index contributed by atoms with van der Waals surface area (Å²) in [5.74, 6) is 0. The number of pyridine rings is 2. The van der Waals surface area contributed by atoms with Crippen molar-refractivity contribution in [3.05, 3.63) is 60.6 Å². The minimum absolute atomic E-state index is 0.723. The molecule has 4 nitrogen and oxygen atoms in total. The number of nitrogens with one attached hydrogen (secondary N) is 1. The van der Waals surface area contributed by atoms with Crippen molar-refractivity contribution in [3.8, 4) is 0 Å². The number of hydrogen-bond acceptors (Lipinski definition) is 4. The zero-order valence-corrected chi connectivity index (χ0v) is 12.2. The molecule has 0 saturated carbocycles. The minimum Gasteiger partial charge on any atom is -0.378 e. The monoisotopic (exact) mass is 278 g/mol. The lowest BCUT2D eigenvalue weighted by Gasteiger charge is -2.18. The van der Waals surface area contributed by atoms with Crippen LogP contribution in [0.3, 0.4) is 0 Å². The van der Waals surface area contributed by atoms with Gasteiger partial charge in [-0.1, -0.05) is 24.3 Å². The van der Waals surface area contributed by atoms with Gasteiger partial charge in [0.1, 0.15) is 0 Å². The van der Waals surface area contributed by atoms with Crippen molar-refractivity contribution >= 4 is 22.3 Å². The van der Waals surface area contributed by atoms with E-state index in [1.54, 1.807) is 6.20 Å². The summed E-state index contributed by atoms with van der Waals surface area (Å²) >= 11 is 0. The smallest absolute Gasteiger partial charge is 0.0766 e. The van der Waals surface area contributed by atoms with Crippen LogP contribution in [0.4, 0.5) is 11.4 Å². The standard InChI is InChI=1S/C17H18N4/c1-21(2)16-8-10-18-12-15(16)20-11-14-6-3-5-13-7-4-9-19-17(13)14/h3-10,12,20H,11H2,1-2H3. The Labute approximate surface area is 124 Å². The van der Waals surface area contributed by atoms with Gasteiger partial charge in [0.2, 0.25) is 0 Å². The van der Waals surface area contributed by atoms with Crippen LogP contribution in [0.5, 0.6) is 0 Å². The third-order valence-corrected chi connectivity index (χ3v) is 3.47. The Hall–Kier alpha value is -2.62. The zero-order valence-electron chi connectivity index (χ0n) is 12.2. The van der Waals surface area contributed by atoms with Gasteiger partial charge >= 0.3 is 0 Å². The Morgan fingerprint density at radius 3 is 2.76 bits per heavy atom. The lowest BCUT2D eigenvalue weighted by molar-refractivity contribution is 1.09. The van der Waals surface area contributed by atoms with E-state index in [0.29, 0.717) is 0 Å². The Morgan fingerprint density at radius 1 is 1.05 bits per heavy atom. The first-order valence-electron chi connectivity index (χ1n) is 6.93. The largest absolute Gasteiger partial charge is 0.378 e. The number of rotatable bonds is 4. The molecule has 0 saturated heterocycles. The average Bonchev–Trinajstić information content (AvgIpc) is 2.53. The second kappa shape index (κ2) is 5.79. The molecule has 2 aromatic heterocycles. The second-order valence-electron chi connectivity index (χ2n) is 5.13. The van der Waals surface area contributed by atoms with Gasteiger partial charge in [-0.25, -0.2) is 0 Å². The van der Waals surface area contributed by atoms with E-state index in [1.165, 1.54) is 5.56 Å². The van der Waals surface area contributed by atoms with Gasteiger partial charge in [0.25, 0.3) is 0 Å². The van der Waals surface area contributed by atoms with E-state index < -0.39 is 0 Å². The molecule has 0 spiro atoms. The number of nitrogens with zero attached hydrogens (tertiary/aromatic N) is 3. The van der Waals surface area contributed by atoms with E-state index in [4.69, 9.17) is 0 Å². The molecule has 0 bridgehead atoms. The van der Waals surface area contributed by atoms with Crippen LogP contribution in [0.2, 0.25) is 0 Å². The summed E-state index contributed by atoms with van der Waals surface area (Å²) in [4.78, 5) is 10.8. The SMILES string of the molecule is CN(C)c1ccncc1NCc1cccc2cccnc12. The average molecular weight is 278 g/mol. The van der Waals surface area contributed by atoms with E-state index in [2.05, 4.69) is 44.5 Å². The van der Waals surface area contributed by atoms with Crippen molar-refractivity contribution in [2.24, 2.45) is 0 Å². The lowest BCUT2D eigenvalue weighted by Crippen LogP contribution is -2.12. The van der Waals surface area contributed by atoms with Crippen molar-refractivity contribution < 1.29 is 0 Å². The molecular weight excluding hydrogens is 260 g/mol. The molecule has 1 N–H and O–H groups in total. The number of para-hydroxylation sites is 1. The molecule has 2 heterocycles. The normalized spacial score (nSPS) is 10.6. The van der Waals surface area contributed by atoms with E-state index in [9.17, 15) is 0 Å². The fourth-order valence-corrected chi connectivity index (χ4v) is 2.41. The molecule has 0 radical (unpaired) electrons. The Morgan fingerprint density at radius 2 is 1.90 bits per heavy atom. The first kappa shape index (κ1) is 13.4. The lowest BCUT2D eigenvalue weighted by atomic mass is 10.1. The molecule has 0 aliphatic rings. The summed E-state index contributed by atoms with van der Waals surface area (Å²) < 4.78 is 0. The minimum atomic E-state index is 0.723. The first-order chi connectivity index (χ1) is 10.3. The van der Waals surface area contributed by atoms with Gasteiger partial charge in [-0.3, -0.25) is 9.97 Å². The fourth-order valence-electron chi connectivity index (χ4n) is 2.41. The maximum Gasteiger partial charge on any atom is 0.0766 e. The third kappa shape index (κ3) is 2.79. The topological polar surface area (TPSA) is 41.1 Å². The number of fused-ring (bicyclic) bond motifs is 1. The summed E-state index contributed by atoms with van der Waals surface area (Å²) in [6.07, 6.45) is 5.50. The van der Waals surface area contributed by atoms with Crippen molar-refractivity contribution in [1.82, 2.24) is 9.97 Å². The van der Waals surface area contributed by atoms with E-state index in [1.807, 2.05) is 38.6 Å².